The third-order valence-corrected chi connectivity index (χ3v) is 2.68. The number of nitrogens with zero attached hydrogens (tertiary/aromatic N) is 2. The molecule has 0 radical (unpaired) electrons. The highest BCUT2D eigenvalue weighted by atomic mass is 127. The Morgan fingerprint density at radius 3 is 2.55 bits per heavy atom. The van der Waals surface area contributed by atoms with Crippen LogP contribution >= 0.6 is 24.0 Å². The number of methoxy groups -OCH3 is 1. The molecule has 1 aromatic rings. The number of ether oxygens (including phenoxy) is 1. The summed E-state index contributed by atoms with van der Waals surface area (Å²) in [7, 11) is 1.60. The van der Waals surface area contributed by atoms with Crippen LogP contribution in [0.4, 0.5) is 0 Å². The highest BCUT2D eigenvalue weighted by Gasteiger charge is 2.01. The van der Waals surface area contributed by atoms with E-state index in [1.165, 1.54) is 0 Å². The van der Waals surface area contributed by atoms with Gasteiger partial charge in [0, 0.05) is 45.7 Å². The number of aromatic nitrogens is 1. The fourth-order valence-electron chi connectivity index (χ4n) is 1.66. The van der Waals surface area contributed by atoms with Crippen molar-refractivity contribution in [2.24, 2.45) is 4.99 Å². The number of halogens is 1. The molecule has 0 spiro atoms. The lowest BCUT2D eigenvalue weighted by Gasteiger charge is -2.11. The normalized spacial score (nSPS) is 10.7. The van der Waals surface area contributed by atoms with Crippen LogP contribution in [0.3, 0.4) is 0 Å². The van der Waals surface area contributed by atoms with E-state index < -0.39 is 0 Å². The van der Waals surface area contributed by atoms with Crippen LogP contribution in [-0.4, -0.2) is 56.3 Å². The molecule has 1 aromatic heterocycles. The summed E-state index contributed by atoms with van der Waals surface area (Å²) in [5.41, 5.74) is 0. The number of rotatable bonds is 9. The number of carbonyl (C=O) groups is 1. The molecule has 126 valence electrons. The molecule has 0 unspecified atom stereocenters. The molecule has 1 amide bonds. The smallest absolute Gasteiger partial charge is 0.241 e. The number of hydrogen-bond donors (Lipinski definition) is 3. The second kappa shape index (κ2) is 13.4. The molecule has 0 atom stereocenters. The Balaban J connectivity index is 0.00000441. The SMILES string of the molecule is CCNC(=NCC(=O)NCCOC)NCCn1cccc1.I. The summed E-state index contributed by atoms with van der Waals surface area (Å²) in [6.07, 6.45) is 4.02. The van der Waals surface area contributed by atoms with Gasteiger partial charge in [-0.2, -0.15) is 0 Å². The summed E-state index contributed by atoms with van der Waals surface area (Å²) < 4.78 is 6.94. The number of nitrogens with one attached hydrogen (secondary N) is 3. The predicted octanol–water partition coefficient (Wildman–Crippen LogP) is 0.424. The first kappa shape index (κ1) is 20.7. The van der Waals surface area contributed by atoms with Gasteiger partial charge in [0.15, 0.2) is 5.96 Å². The van der Waals surface area contributed by atoms with Gasteiger partial charge in [-0.25, -0.2) is 4.99 Å². The van der Waals surface area contributed by atoms with E-state index >= 15 is 0 Å². The van der Waals surface area contributed by atoms with E-state index in [-0.39, 0.29) is 36.4 Å². The van der Waals surface area contributed by atoms with Crippen LogP contribution in [0.5, 0.6) is 0 Å². The van der Waals surface area contributed by atoms with Gasteiger partial charge in [-0.1, -0.05) is 0 Å². The molecular weight excluding hydrogens is 397 g/mol. The lowest BCUT2D eigenvalue weighted by molar-refractivity contribution is -0.119. The highest BCUT2D eigenvalue weighted by molar-refractivity contribution is 14.0. The fourth-order valence-corrected chi connectivity index (χ4v) is 1.66. The number of guanidine groups is 1. The number of hydrogen-bond acceptors (Lipinski definition) is 3. The van der Waals surface area contributed by atoms with Crippen molar-refractivity contribution >= 4 is 35.8 Å². The van der Waals surface area contributed by atoms with Crippen LogP contribution in [0.15, 0.2) is 29.5 Å². The topological polar surface area (TPSA) is 79.7 Å². The van der Waals surface area contributed by atoms with Gasteiger partial charge >= 0.3 is 0 Å². The summed E-state index contributed by atoms with van der Waals surface area (Å²) in [4.78, 5) is 15.8. The van der Waals surface area contributed by atoms with Crippen LogP contribution < -0.4 is 16.0 Å². The zero-order valence-corrected chi connectivity index (χ0v) is 15.5. The Morgan fingerprint density at radius 1 is 1.18 bits per heavy atom. The van der Waals surface area contributed by atoms with Crippen LogP contribution in [0.25, 0.3) is 0 Å². The van der Waals surface area contributed by atoms with E-state index in [0.29, 0.717) is 19.1 Å². The highest BCUT2D eigenvalue weighted by Crippen LogP contribution is 1.88. The Bertz CT molecular complexity index is 423. The molecule has 0 fully saturated rings. The summed E-state index contributed by atoms with van der Waals surface area (Å²) in [6.45, 7) is 5.43. The number of amides is 1. The average molecular weight is 423 g/mol. The van der Waals surface area contributed by atoms with Crippen molar-refractivity contribution in [2.45, 2.75) is 13.5 Å². The van der Waals surface area contributed by atoms with E-state index in [0.717, 1.165) is 19.6 Å². The number of aliphatic imine (C=N–C) groups is 1. The Kier molecular flexibility index (Phi) is 12.6. The standard InChI is InChI=1S/C14H25N5O2.HI/c1-3-15-14(17-6-10-19-8-4-5-9-19)18-12-13(20)16-7-11-21-2;/h4-5,8-9H,3,6-7,10-12H2,1-2H3,(H,16,20)(H2,15,17,18);1H. The van der Waals surface area contributed by atoms with Gasteiger partial charge < -0.3 is 25.3 Å². The first-order valence-electron chi connectivity index (χ1n) is 7.14. The van der Waals surface area contributed by atoms with Crippen molar-refractivity contribution in [2.75, 3.05) is 39.9 Å². The lowest BCUT2D eigenvalue weighted by Crippen LogP contribution is -2.40. The molecule has 0 saturated heterocycles. The molecule has 3 N–H and O–H groups in total. The third kappa shape index (κ3) is 9.61. The molecular formula is C14H26IN5O2. The Labute approximate surface area is 148 Å². The zero-order chi connectivity index (χ0) is 15.3. The lowest BCUT2D eigenvalue weighted by atomic mass is 10.5. The minimum absolute atomic E-state index is 0. The van der Waals surface area contributed by atoms with Gasteiger partial charge in [-0.05, 0) is 19.1 Å². The number of carbonyl (C=O) groups excluding carboxylic acids is 1. The largest absolute Gasteiger partial charge is 0.383 e. The van der Waals surface area contributed by atoms with Crippen molar-refractivity contribution in [1.29, 1.82) is 0 Å². The molecule has 0 bridgehead atoms. The van der Waals surface area contributed by atoms with E-state index in [2.05, 4.69) is 25.5 Å². The molecule has 0 aliphatic heterocycles. The van der Waals surface area contributed by atoms with E-state index in [9.17, 15) is 4.79 Å². The van der Waals surface area contributed by atoms with Gasteiger partial charge in [0.1, 0.15) is 6.54 Å². The van der Waals surface area contributed by atoms with Crippen LogP contribution in [0.2, 0.25) is 0 Å². The zero-order valence-electron chi connectivity index (χ0n) is 13.2. The monoisotopic (exact) mass is 423 g/mol. The van der Waals surface area contributed by atoms with Crippen molar-refractivity contribution in [3.63, 3.8) is 0 Å². The maximum absolute atomic E-state index is 11.6. The second-order valence-corrected chi connectivity index (χ2v) is 4.39. The van der Waals surface area contributed by atoms with Gasteiger partial charge in [-0.15, -0.1) is 24.0 Å². The van der Waals surface area contributed by atoms with Crippen molar-refractivity contribution < 1.29 is 9.53 Å². The molecule has 1 heterocycles. The van der Waals surface area contributed by atoms with Crippen molar-refractivity contribution in [3.8, 4) is 0 Å². The third-order valence-electron chi connectivity index (χ3n) is 2.68. The Morgan fingerprint density at radius 2 is 1.91 bits per heavy atom. The minimum Gasteiger partial charge on any atom is -0.383 e. The Hall–Kier alpha value is -1.29. The van der Waals surface area contributed by atoms with Gasteiger partial charge in [0.25, 0.3) is 0 Å². The van der Waals surface area contributed by atoms with E-state index in [1.807, 2.05) is 31.5 Å². The first-order valence-corrected chi connectivity index (χ1v) is 7.14. The van der Waals surface area contributed by atoms with Crippen LogP contribution in [0.1, 0.15) is 6.92 Å². The summed E-state index contributed by atoms with van der Waals surface area (Å²) in [5.74, 6) is 0.529. The first-order chi connectivity index (χ1) is 10.3. The molecule has 0 saturated carbocycles. The van der Waals surface area contributed by atoms with Crippen molar-refractivity contribution in [3.05, 3.63) is 24.5 Å². The van der Waals surface area contributed by atoms with Gasteiger partial charge in [-0.3, -0.25) is 4.79 Å². The van der Waals surface area contributed by atoms with E-state index in [4.69, 9.17) is 4.74 Å². The molecule has 8 heteroatoms. The van der Waals surface area contributed by atoms with E-state index in [1.54, 1.807) is 7.11 Å². The average Bonchev–Trinajstić information content (AvgIpc) is 2.98. The summed E-state index contributed by atoms with van der Waals surface area (Å²) in [5, 5.41) is 9.03. The van der Waals surface area contributed by atoms with Crippen molar-refractivity contribution in [1.82, 2.24) is 20.5 Å². The quantitative estimate of drug-likeness (QED) is 0.233. The minimum atomic E-state index is -0.116. The fraction of sp³-hybridized carbons (Fsp3) is 0.571. The van der Waals surface area contributed by atoms with Crippen LogP contribution in [0, 0.1) is 0 Å². The summed E-state index contributed by atoms with van der Waals surface area (Å²) in [6, 6.07) is 3.98. The molecule has 0 aromatic carbocycles. The summed E-state index contributed by atoms with van der Waals surface area (Å²) >= 11 is 0. The molecule has 7 nitrogen and oxygen atoms in total. The molecule has 0 aliphatic rings. The van der Waals surface area contributed by atoms with Crippen LogP contribution in [-0.2, 0) is 16.1 Å². The maximum Gasteiger partial charge on any atom is 0.241 e. The second-order valence-electron chi connectivity index (χ2n) is 4.39. The maximum atomic E-state index is 11.6. The van der Waals surface area contributed by atoms with Gasteiger partial charge in [0.05, 0.1) is 6.61 Å². The van der Waals surface area contributed by atoms with Gasteiger partial charge in [0.2, 0.25) is 5.91 Å². The predicted molar refractivity (Wildman–Crippen MR) is 98.7 cm³/mol. The molecule has 1 rings (SSSR count). The molecule has 0 aliphatic carbocycles. The molecule has 22 heavy (non-hydrogen) atoms.